The third-order valence-electron chi connectivity index (χ3n) is 5.20. The Morgan fingerprint density at radius 2 is 1.53 bits per heavy atom. The van der Waals surface area contributed by atoms with Crippen LogP contribution in [-0.2, 0) is 6.42 Å². The Kier molecular flexibility index (Phi) is 6.47. The van der Waals surface area contributed by atoms with E-state index < -0.39 is 6.61 Å². The van der Waals surface area contributed by atoms with E-state index in [0.717, 1.165) is 29.4 Å². The molecule has 0 N–H and O–H groups in total. The molecule has 0 saturated heterocycles. The number of ether oxygens (including phenoxy) is 1. The summed E-state index contributed by atoms with van der Waals surface area (Å²) < 4.78 is 43.8. The van der Waals surface area contributed by atoms with E-state index in [-0.39, 0.29) is 17.1 Å². The molecule has 0 amide bonds. The van der Waals surface area contributed by atoms with Crippen LogP contribution in [0.5, 0.6) is 5.75 Å². The summed E-state index contributed by atoms with van der Waals surface area (Å²) in [4.78, 5) is 0. The van der Waals surface area contributed by atoms with Gasteiger partial charge in [0.1, 0.15) is 11.6 Å². The minimum atomic E-state index is -2.88. The second-order valence-electron chi connectivity index (χ2n) is 7.46. The second kappa shape index (κ2) is 9.62. The van der Waals surface area contributed by atoms with E-state index in [2.05, 4.69) is 47.8 Å². The van der Waals surface area contributed by atoms with Gasteiger partial charge in [0.05, 0.1) is 5.56 Å². The Balaban J connectivity index is 1.58. The van der Waals surface area contributed by atoms with Crippen LogP contribution >= 0.6 is 0 Å². The molecule has 0 aliphatic rings. The first kappa shape index (κ1) is 21.5. The number of aryl methyl sites for hydroxylation is 1. The maximum absolute atomic E-state index is 15.0. The standard InChI is InChI=1S/C28H21F3O/c1-2-3-19-4-9-21(10-5-19)23-14-17-26-24(18-23)13-12-22(27(26)29)11-6-20-7-15-25(16-8-20)32-28(30)31/h4-5,7-10,12-18,28H,2-3H2,1H3. The molecule has 0 saturated carbocycles. The van der Waals surface area contributed by atoms with Crippen molar-refractivity contribution in [2.45, 2.75) is 26.4 Å². The van der Waals surface area contributed by atoms with E-state index in [0.29, 0.717) is 10.9 Å². The molecule has 32 heavy (non-hydrogen) atoms. The van der Waals surface area contributed by atoms with Crippen molar-refractivity contribution in [3.8, 4) is 28.7 Å². The average Bonchev–Trinajstić information content (AvgIpc) is 2.80. The number of benzene rings is 4. The monoisotopic (exact) mass is 430 g/mol. The van der Waals surface area contributed by atoms with Gasteiger partial charge in [0.15, 0.2) is 0 Å². The quantitative estimate of drug-likeness (QED) is 0.296. The molecule has 0 aliphatic heterocycles. The van der Waals surface area contributed by atoms with Gasteiger partial charge >= 0.3 is 6.61 Å². The molecule has 4 aromatic rings. The largest absolute Gasteiger partial charge is 0.435 e. The van der Waals surface area contributed by atoms with Gasteiger partial charge in [-0.2, -0.15) is 8.78 Å². The fourth-order valence-corrected chi connectivity index (χ4v) is 3.58. The molecular formula is C28H21F3O. The zero-order chi connectivity index (χ0) is 22.5. The summed E-state index contributed by atoms with van der Waals surface area (Å²) in [5.74, 6) is 5.38. The summed E-state index contributed by atoms with van der Waals surface area (Å²) in [6.45, 7) is -0.717. The molecule has 0 heterocycles. The molecule has 4 aromatic carbocycles. The van der Waals surface area contributed by atoms with E-state index in [9.17, 15) is 8.78 Å². The third kappa shape index (κ3) is 4.95. The number of hydrogen-bond donors (Lipinski definition) is 0. The summed E-state index contributed by atoms with van der Waals surface area (Å²) in [5, 5.41) is 1.31. The first-order valence-electron chi connectivity index (χ1n) is 10.4. The highest BCUT2D eigenvalue weighted by molar-refractivity contribution is 5.89. The van der Waals surface area contributed by atoms with E-state index in [1.165, 1.54) is 17.7 Å². The number of halogens is 3. The molecule has 0 radical (unpaired) electrons. The number of rotatable bonds is 5. The molecule has 0 spiro atoms. The Morgan fingerprint density at radius 1 is 0.812 bits per heavy atom. The van der Waals surface area contributed by atoms with E-state index in [1.807, 2.05) is 18.2 Å². The molecular weight excluding hydrogens is 409 g/mol. The lowest BCUT2D eigenvalue weighted by atomic mass is 9.98. The fourth-order valence-electron chi connectivity index (χ4n) is 3.58. The van der Waals surface area contributed by atoms with Crippen molar-refractivity contribution in [2.75, 3.05) is 0 Å². The smallest absolute Gasteiger partial charge is 0.387 e. The van der Waals surface area contributed by atoms with Crippen LogP contribution in [0.1, 0.15) is 30.0 Å². The van der Waals surface area contributed by atoms with E-state index in [4.69, 9.17) is 0 Å². The van der Waals surface area contributed by atoms with Crippen LogP contribution in [0, 0.1) is 17.7 Å². The van der Waals surface area contributed by atoms with Gasteiger partial charge in [0.2, 0.25) is 0 Å². The van der Waals surface area contributed by atoms with Crippen molar-refractivity contribution in [1.29, 1.82) is 0 Å². The van der Waals surface area contributed by atoms with Gasteiger partial charge in [-0.05, 0) is 64.9 Å². The second-order valence-corrected chi connectivity index (χ2v) is 7.46. The predicted octanol–water partition coefficient (Wildman–Crippen LogP) is 7.60. The third-order valence-corrected chi connectivity index (χ3v) is 5.20. The fraction of sp³-hybridized carbons (Fsp3) is 0.143. The van der Waals surface area contributed by atoms with Crippen molar-refractivity contribution >= 4 is 10.8 Å². The highest BCUT2D eigenvalue weighted by Gasteiger charge is 2.08. The van der Waals surface area contributed by atoms with E-state index >= 15 is 4.39 Å². The molecule has 4 rings (SSSR count). The maximum atomic E-state index is 15.0. The lowest BCUT2D eigenvalue weighted by Gasteiger charge is -2.07. The first-order valence-corrected chi connectivity index (χ1v) is 10.4. The van der Waals surface area contributed by atoms with E-state index in [1.54, 1.807) is 24.3 Å². The summed E-state index contributed by atoms with van der Waals surface area (Å²) in [6.07, 6.45) is 2.17. The van der Waals surface area contributed by atoms with Crippen molar-refractivity contribution in [3.63, 3.8) is 0 Å². The first-order chi connectivity index (χ1) is 15.5. The number of alkyl halides is 2. The van der Waals surface area contributed by atoms with Crippen LogP contribution in [-0.4, -0.2) is 6.61 Å². The summed E-state index contributed by atoms with van der Waals surface area (Å²) in [5.41, 5.74) is 4.29. The van der Waals surface area contributed by atoms with Crippen molar-refractivity contribution in [1.82, 2.24) is 0 Å². The summed E-state index contributed by atoms with van der Waals surface area (Å²) in [7, 11) is 0. The predicted molar refractivity (Wildman–Crippen MR) is 122 cm³/mol. The van der Waals surface area contributed by atoms with Crippen LogP contribution < -0.4 is 4.74 Å². The number of fused-ring (bicyclic) bond motifs is 1. The summed E-state index contributed by atoms with van der Waals surface area (Å²) in [6, 6.07) is 23.6. The molecule has 0 atom stereocenters. The van der Waals surface area contributed by atoms with Gasteiger partial charge in [-0.15, -0.1) is 0 Å². The van der Waals surface area contributed by atoms with Crippen molar-refractivity contribution < 1.29 is 17.9 Å². The van der Waals surface area contributed by atoms with Crippen molar-refractivity contribution in [2.24, 2.45) is 0 Å². The zero-order valence-corrected chi connectivity index (χ0v) is 17.5. The molecule has 0 aliphatic carbocycles. The van der Waals surface area contributed by atoms with Gasteiger partial charge in [-0.25, -0.2) is 4.39 Å². The van der Waals surface area contributed by atoms with Crippen LogP contribution in [0.3, 0.4) is 0 Å². The molecule has 1 nitrogen and oxygen atoms in total. The SMILES string of the molecule is CCCc1ccc(-c2ccc3c(F)c(C#Cc4ccc(OC(F)F)cc4)ccc3c2)cc1. The Hall–Kier alpha value is -3.71. The van der Waals surface area contributed by atoms with Crippen LogP contribution in [0.15, 0.2) is 78.9 Å². The molecule has 4 heteroatoms. The van der Waals surface area contributed by atoms with Crippen molar-refractivity contribution in [3.05, 3.63) is 101 Å². The molecule has 0 bridgehead atoms. The zero-order valence-electron chi connectivity index (χ0n) is 17.5. The Labute approximate surface area is 185 Å². The van der Waals surface area contributed by atoms with Gasteiger partial charge in [0, 0.05) is 10.9 Å². The highest BCUT2D eigenvalue weighted by atomic mass is 19.3. The van der Waals surface area contributed by atoms with Gasteiger partial charge in [-0.1, -0.05) is 67.6 Å². The van der Waals surface area contributed by atoms with Gasteiger partial charge < -0.3 is 4.74 Å². The molecule has 0 unspecified atom stereocenters. The molecule has 160 valence electrons. The van der Waals surface area contributed by atoms with Crippen LogP contribution in [0.25, 0.3) is 21.9 Å². The maximum Gasteiger partial charge on any atom is 0.387 e. The Morgan fingerprint density at radius 3 is 2.22 bits per heavy atom. The molecule has 0 fully saturated rings. The van der Waals surface area contributed by atoms with Gasteiger partial charge in [-0.3, -0.25) is 0 Å². The van der Waals surface area contributed by atoms with Gasteiger partial charge in [0.25, 0.3) is 0 Å². The lowest BCUT2D eigenvalue weighted by Crippen LogP contribution is -2.01. The van der Waals surface area contributed by atoms with Crippen LogP contribution in [0.2, 0.25) is 0 Å². The normalized spacial score (nSPS) is 10.8. The minimum absolute atomic E-state index is 0.0539. The topological polar surface area (TPSA) is 9.23 Å². The van der Waals surface area contributed by atoms with Crippen LogP contribution in [0.4, 0.5) is 13.2 Å². The highest BCUT2D eigenvalue weighted by Crippen LogP contribution is 2.28. The number of hydrogen-bond acceptors (Lipinski definition) is 1. The average molecular weight is 430 g/mol. The minimum Gasteiger partial charge on any atom is -0.435 e. The molecule has 0 aromatic heterocycles. The summed E-state index contributed by atoms with van der Waals surface area (Å²) >= 11 is 0. The Bertz CT molecular complexity index is 1280. The lowest BCUT2D eigenvalue weighted by molar-refractivity contribution is -0.0498.